The smallest absolute Gasteiger partial charge is 0.390 e. The molecule has 0 aliphatic heterocycles. The highest BCUT2D eigenvalue weighted by molar-refractivity contribution is 5.94. The fourth-order valence-corrected chi connectivity index (χ4v) is 1.43. The molecule has 0 bridgehead atoms. The monoisotopic (exact) mass is 274 g/mol. The highest BCUT2D eigenvalue weighted by Crippen LogP contribution is 2.08. The van der Waals surface area contributed by atoms with Gasteiger partial charge in [0.25, 0.3) is 5.91 Å². The van der Waals surface area contributed by atoms with Crippen molar-refractivity contribution in [3.63, 3.8) is 0 Å². The van der Waals surface area contributed by atoms with Gasteiger partial charge >= 0.3 is 5.95 Å². The van der Waals surface area contributed by atoms with Crippen LogP contribution in [-0.2, 0) is 7.05 Å². The first-order valence-electron chi connectivity index (χ1n) is 5.49. The van der Waals surface area contributed by atoms with Crippen molar-refractivity contribution in [2.45, 2.75) is 0 Å². The summed E-state index contributed by atoms with van der Waals surface area (Å²) in [7, 11) is 1.48. The Morgan fingerprint density at radius 1 is 1.50 bits per heavy atom. The molecule has 2 heterocycles. The van der Waals surface area contributed by atoms with Gasteiger partial charge in [-0.3, -0.25) is 9.78 Å². The van der Waals surface area contributed by atoms with Crippen LogP contribution < -0.4 is 5.43 Å². The number of hydrogen-bond donors (Lipinski definition) is 1. The van der Waals surface area contributed by atoms with Crippen molar-refractivity contribution in [2.24, 2.45) is 12.1 Å². The number of pyridine rings is 1. The molecule has 0 aromatic carbocycles. The predicted molar refractivity (Wildman–Crippen MR) is 69.2 cm³/mol. The predicted octanol–water partition coefficient (Wildman–Crippen LogP) is 0.487. The molecule has 0 saturated carbocycles. The molecule has 2 aromatic rings. The largest absolute Gasteiger partial charge is 0.434 e. The Balaban J connectivity index is 2.04. The van der Waals surface area contributed by atoms with Crippen LogP contribution in [0.5, 0.6) is 0 Å². The van der Waals surface area contributed by atoms with Crippen LogP contribution in [0.15, 0.2) is 35.8 Å². The van der Waals surface area contributed by atoms with Crippen LogP contribution in [0.25, 0.3) is 0 Å². The summed E-state index contributed by atoms with van der Waals surface area (Å²) in [6.07, 6.45) is 5.55. The molecule has 0 fully saturated rings. The first kappa shape index (κ1) is 13.3. The van der Waals surface area contributed by atoms with Crippen molar-refractivity contribution >= 4 is 18.1 Å². The van der Waals surface area contributed by atoms with Crippen LogP contribution >= 0.6 is 0 Å². The molecule has 1 amide bonds. The molecule has 0 unspecified atom stereocenters. The molecule has 0 aliphatic rings. The summed E-state index contributed by atoms with van der Waals surface area (Å²) in [6.45, 7) is 0. The van der Waals surface area contributed by atoms with Crippen molar-refractivity contribution in [1.82, 2.24) is 20.0 Å². The second-order valence-electron chi connectivity index (χ2n) is 3.73. The topological polar surface area (TPSA) is 115 Å². The fourth-order valence-electron chi connectivity index (χ4n) is 1.43. The zero-order chi connectivity index (χ0) is 14.5. The highest BCUT2D eigenvalue weighted by Gasteiger charge is 2.15. The molecule has 9 heteroatoms. The number of nitrogens with zero attached hydrogens (tertiary/aromatic N) is 5. The van der Waals surface area contributed by atoms with Gasteiger partial charge in [-0.05, 0) is 17.1 Å². The Labute approximate surface area is 113 Å². The number of carbonyl (C=O) groups excluding carboxylic acids is 1. The second kappa shape index (κ2) is 5.69. The highest BCUT2D eigenvalue weighted by atomic mass is 16.6. The second-order valence-corrected chi connectivity index (χ2v) is 3.73. The lowest BCUT2D eigenvalue weighted by atomic mass is 10.3. The SMILES string of the molecule is Cn1c(C=NNC(=O)c2ccncc2)cnc1[N+](=O)[O-]. The molecule has 102 valence electrons. The van der Waals surface area contributed by atoms with E-state index in [0.29, 0.717) is 11.3 Å². The number of nitrogens with one attached hydrogen (secondary N) is 1. The van der Waals surface area contributed by atoms with Crippen LogP contribution in [-0.4, -0.2) is 31.6 Å². The summed E-state index contributed by atoms with van der Waals surface area (Å²) in [5.41, 5.74) is 3.11. The van der Waals surface area contributed by atoms with Crippen LogP contribution in [0, 0.1) is 10.1 Å². The number of nitro groups is 1. The molecule has 9 nitrogen and oxygen atoms in total. The summed E-state index contributed by atoms with van der Waals surface area (Å²) in [4.78, 5) is 29.1. The number of hydrazone groups is 1. The quantitative estimate of drug-likeness (QED) is 0.494. The van der Waals surface area contributed by atoms with Crippen molar-refractivity contribution in [2.75, 3.05) is 0 Å². The van der Waals surface area contributed by atoms with E-state index in [0.717, 1.165) is 0 Å². The fraction of sp³-hybridized carbons (Fsp3) is 0.0909. The molecule has 20 heavy (non-hydrogen) atoms. The average Bonchev–Trinajstić information content (AvgIpc) is 2.81. The third-order valence-electron chi connectivity index (χ3n) is 2.47. The Morgan fingerprint density at radius 2 is 2.20 bits per heavy atom. The summed E-state index contributed by atoms with van der Waals surface area (Å²) in [6, 6.07) is 3.08. The molecule has 0 saturated heterocycles. The molecular formula is C11H10N6O3. The first-order chi connectivity index (χ1) is 9.59. The number of hydrogen-bond acceptors (Lipinski definition) is 6. The van der Waals surface area contributed by atoms with E-state index >= 15 is 0 Å². The van der Waals surface area contributed by atoms with Crippen LogP contribution in [0.2, 0.25) is 0 Å². The maximum atomic E-state index is 11.6. The van der Waals surface area contributed by atoms with E-state index in [9.17, 15) is 14.9 Å². The lowest BCUT2D eigenvalue weighted by Gasteiger charge is -1.98. The summed E-state index contributed by atoms with van der Waals surface area (Å²) < 4.78 is 1.25. The van der Waals surface area contributed by atoms with Gasteiger partial charge in [0.15, 0.2) is 5.69 Å². The molecular weight excluding hydrogens is 264 g/mol. The molecule has 2 rings (SSSR count). The van der Waals surface area contributed by atoms with Crippen molar-refractivity contribution in [3.05, 3.63) is 52.1 Å². The van der Waals surface area contributed by atoms with Gasteiger partial charge in [0.2, 0.25) is 0 Å². The van der Waals surface area contributed by atoms with Crippen molar-refractivity contribution in [1.29, 1.82) is 0 Å². The van der Waals surface area contributed by atoms with Crippen LogP contribution in [0.3, 0.4) is 0 Å². The zero-order valence-corrected chi connectivity index (χ0v) is 10.4. The van der Waals surface area contributed by atoms with Crippen LogP contribution in [0.1, 0.15) is 16.1 Å². The molecule has 2 aromatic heterocycles. The van der Waals surface area contributed by atoms with Gasteiger partial charge in [-0.15, -0.1) is 0 Å². The summed E-state index contributed by atoms with van der Waals surface area (Å²) in [5, 5.41) is 14.3. The lowest BCUT2D eigenvalue weighted by molar-refractivity contribution is -0.396. The third kappa shape index (κ3) is 2.83. The molecule has 1 N–H and O–H groups in total. The lowest BCUT2D eigenvalue weighted by Crippen LogP contribution is -2.17. The standard InChI is InChI=1S/C11H10N6O3/c1-16-9(6-13-11(16)17(19)20)7-14-15-10(18)8-2-4-12-5-3-8/h2-7H,1H3,(H,15,18). The Kier molecular flexibility index (Phi) is 3.80. The van der Waals surface area contributed by atoms with Crippen molar-refractivity contribution in [3.8, 4) is 0 Å². The molecule has 0 radical (unpaired) electrons. The van der Waals surface area contributed by atoms with E-state index in [1.807, 2.05) is 0 Å². The van der Waals surface area contributed by atoms with E-state index in [-0.39, 0.29) is 5.95 Å². The van der Waals surface area contributed by atoms with E-state index in [2.05, 4.69) is 20.5 Å². The zero-order valence-electron chi connectivity index (χ0n) is 10.4. The van der Waals surface area contributed by atoms with E-state index in [4.69, 9.17) is 0 Å². The normalized spacial score (nSPS) is 10.7. The van der Waals surface area contributed by atoms with E-state index < -0.39 is 10.8 Å². The van der Waals surface area contributed by atoms with Crippen LogP contribution in [0.4, 0.5) is 5.95 Å². The van der Waals surface area contributed by atoms with Gasteiger partial charge in [-0.1, -0.05) is 4.98 Å². The Hall–Kier alpha value is -3.10. The maximum absolute atomic E-state index is 11.6. The summed E-state index contributed by atoms with van der Waals surface area (Å²) in [5.74, 6) is -0.702. The summed E-state index contributed by atoms with van der Waals surface area (Å²) >= 11 is 0. The van der Waals surface area contributed by atoms with Gasteiger partial charge in [-0.2, -0.15) is 5.10 Å². The van der Waals surface area contributed by atoms with Gasteiger partial charge in [0.1, 0.15) is 6.20 Å². The average molecular weight is 274 g/mol. The van der Waals surface area contributed by atoms with Gasteiger partial charge in [0, 0.05) is 18.0 Å². The van der Waals surface area contributed by atoms with E-state index in [1.54, 1.807) is 12.1 Å². The number of aromatic nitrogens is 3. The molecule has 0 atom stereocenters. The minimum Gasteiger partial charge on any atom is -0.390 e. The molecule has 0 spiro atoms. The van der Waals surface area contributed by atoms with Gasteiger partial charge in [0.05, 0.1) is 13.3 Å². The van der Waals surface area contributed by atoms with Gasteiger partial charge in [-0.25, -0.2) is 9.99 Å². The number of rotatable bonds is 4. The van der Waals surface area contributed by atoms with Gasteiger partial charge < -0.3 is 10.1 Å². The first-order valence-corrected chi connectivity index (χ1v) is 5.49. The Morgan fingerprint density at radius 3 is 2.80 bits per heavy atom. The number of imidazole rings is 1. The minimum absolute atomic E-state index is 0.299. The number of carbonyl (C=O) groups is 1. The molecule has 0 aliphatic carbocycles. The minimum atomic E-state index is -0.604. The van der Waals surface area contributed by atoms with E-state index in [1.165, 1.54) is 36.4 Å². The Bertz CT molecular complexity index is 664. The van der Waals surface area contributed by atoms with Crippen molar-refractivity contribution < 1.29 is 9.72 Å². The number of amides is 1. The maximum Gasteiger partial charge on any atom is 0.434 e. The third-order valence-corrected chi connectivity index (χ3v) is 2.47.